The molecule has 1 aromatic rings. The van der Waals surface area contributed by atoms with Gasteiger partial charge in [0.05, 0.1) is 0 Å². The average Bonchev–Trinajstić information content (AvgIpc) is 2.07. The fourth-order valence-corrected chi connectivity index (χ4v) is 1.91. The highest BCUT2D eigenvalue weighted by Gasteiger charge is 1.91. The van der Waals surface area contributed by atoms with Crippen LogP contribution in [0.15, 0.2) is 34.1 Å². The van der Waals surface area contributed by atoms with E-state index >= 15 is 0 Å². The van der Waals surface area contributed by atoms with Crippen molar-refractivity contribution in [3.8, 4) is 0 Å². The summed E-state index contributed by atoms with van der Waals surface area (Å²) in [5.74, 6) is 1.15. The van der Waals surface area contributed by atoms with E-state index in [0.29, 0.717) is 0 Å². The van der Waals surface area contributed by atoms with E-state index in [4.69, 9.17) is 0 Å². The highest BCUT2D eigenvalue weighted by Crippen LogP contribution is 2.21. The molecule has 0 fully saturated rings. The second-order valence-electron chi connectivity index (χ2n) is 2.11. The average molecular weight is 184 g/mol. The zero-order valence-electron chi connectivity index (χ0n) is 6.83. The van der Waals surface area contributed by atoms with Crippen LogP contribution in [-0.2, 0) is 0 Å². The van der Waals surface area contributed by atoms with Crippen LogP contribution in [0, 0.1) is 0 Å². The van der Waals surface area contributed by atoms with Crippen molar-refractivity contribution in [3.63, 3.8) is 0 Å². The van der Waals surface area contributed by atoms with Crippen molar-refractivity contribution < 1.29 is 0 Å². The smallest absolute Gasteiger partial charge is 0.00726 e. The third-order valence-corrected chi connectivity index (χ3v) is 3.01. The predicted molar refractivity (Wildman–Crippen MR) is 54.6 cm³/mol. The van der Waals surface area contributed by atoms with Gasteiger partial charge in [-0.05, 0) is 36.3 Å². The molecule has 0 aromatic heterocycles. The molecule has 0 bridgehead atoms. The third-order valence-electron chi connectivity index (χ3n) is 1.37. The van der Waals surface area contributed by atoms with Crippen LogP contribution in [0.25, 0.3) is 0 Å². The molecule has 0 aliphatic rings. The first-order valence-corrected chi connectivity index (χ1v) is 5.84. The minimum absolute atomic E-state index is 1.15. The Kier molecular flexibility index (Phi) is 3.87. The van der Waals surface area contributed by atoms with Gasteiger partial charge in [-0.1, -0.05) is 6.92 Å². The zero-order valence-corrected chi connectivity index (χ0v) is 8.47. The summed E-state index contributed by atoms with van der Waals surface area (Å²) in [5, 5.41) is 0. The molecule has 0 N–H and O–H groups in total. The number of hydrogen-bond acceptors (Lipinski definition) is 2. The maximum Gasteiger partial charge on any atom is 0.00726 e. The van der Waals surface area contributed by atoms with E-state index < -0.39 is 0 Å². The van der Waals surface area contributed by atoms with E-state index in [2.05, 4.69) is 37.4 Å². The lowest BCUT2D eigenvalue weighted by Crippen LogP contribution is -1.72. The fraction of sp³-hybridized carbons (Fsp3) is 0.333. The van der Waals surface area contributed by atoms with Crippen LogP contribution in [-0.4, -0.2) is 12.0 Å². The summed E-state index contributed by atoms with van der Waals surface area (Å²) in [4.78, 5) is 2.70. The topological polar surface area (TPSA) is 0 Å². The Labute approximate surface area is 76.8 Å². The van der Waals surface area contributed by atoms with Crippen LogP contribution in [0.5, 0.6) is 0 Å². The maximum absolute atomic E-state index is 2.18. The van der Waals surface area contributed by atoms with Crippen LogP contribution in [0.1, 0.15) is 6.92 Å². The lowest BCUT2D eigenvalue weighted by molar-refractivity contribution is 1.35. The summed E-state index contributed by atoms with van der Waals surface area (Å²) in [6.45, 7) is 2.17. The molecule has 1 rings (SSSR count). The van der Waals surface area contributed by atoms with E-state index in [9.17, 15) is 0 Å². The molecule has 0 heterocycles. The quantitative estimate of drug-likeness (QED) is 0.659. The molecule has 0 unspecified atom stereocenters. The molecule has 0 radical (unpaired) electrons. The second-order valence-corrected chi connectivity index (χ2v) is 4.33. The van der Waals surface area contributed by atoms with Crippen LogP contribution in [0.2, 0.25) is 0 Å². The molecular weight excluding hydrogens is 172 g/mol. The molecule has 0 amide bonds. The summed E-state index contributed by atoms with van der Waals surface area (Å²) in [6, 6.07) is 8.70. The van der Waals surface area contributed by atoms with Gasteiger partial charge in [0, 0.05) is 9.79 Å². The molecule has 1 aromatic carbocycles. The van der Waals surface area contributed by atoms with Crippen LogP contribution in [0.4, 0.5) is 0 Å². The van der Waals surface area contributed by atoms with Crippen molar-refractivity contribution >= 4 is 23.5 Å². The summed E-state index contributed by atoms with van der Waals surface area (Å²) in [5.41, 5.74) is 0. The van der Waals surface area contributed by atoms with Crippen molar-refractivity contribution in [3.05, 3.63) is 24.3 Å². The Morgan fingerprint density at radius 1 is 1.09 bits per heavy atom. The SMILES string of the molecule is CCSc1ccc(SC)cc1. The predicted octanol–water partition coefficient (Wildman–Crippen LogP) is 3.52. The molecule has 60 valence electrons. The van der Waals surface area contributed by atoms with E-state index in [0.717, 1.165) is 5.75 Å². The van der Waals surface area contributed by atoms with Crippen molar-refractivity contribution in [1.82, 2.24) is 0 Å². The van der Waals surface area contributed by atoms with E-state index in [1.807, 2.05) is 11.8 Å². The second kappa shape index (κ2) is 4.73. The van der Waals surface area contributed by atoms with Gasteiger partial charge in [0.15, 0.2) is 0 Å². The van der Waals surface area contributed by atoms with Crippen molar-refractivity contribution in [2.75, 3.05) is 12.0 Å². The highest BCUT2D eigenvalue weighted by atomic mass is 32.2. The first kappa shape index (κ1) is 9.01. The van der Waals surface area contributed by atoms with Gasteiger partial charge in [-0.25, -0.2) is 0 Å². The number of hydrogen-bond donors (Lipinski definition) is 0. The van der Waals surface area contributed by atoms with Crippen molar-refractivity contribution in [2.24, 2.45) is 0 Å². The first-order chi connectivity index (χ1) is 5.36. The van der Waals surface area contributed by atoms with Crippen LogP contribution >= 0.6 is 23.5 Å². The van der Waals surface area contributed by atoms with Gasteiger partial charge in [-0.3, -0.25) is 0 Å². The Morgan fingerprint density at radius 2 is 1.64 bits per heavy atom. The van der Waals surface area contributed by atoms with Gasteiger partial charge in [0.25, 0.3) is 0 Å². The number of thioether (sulfide) groups is 2. The first-order valence-electron chi connectivity index (χ1n) is 3.63. The Hall–Kier alpha value is -0.0800. The minimum atomic E-state index is 1.15. The molecule has 0 nitrogen and oxygen atoms in total. The normalized spacial score (nSPS) is 10.0. The largest absolute Gasteiger partial charge is 0.130 e. The summed E-state index contributed by atoms with van der Waals surface area (Å²) in [7, 11) is 0. The summed E-state index contributed by atoms with van der Waals surface area (Å²) < 4.78 is 0. The van der Waals surface area contributed by atoms with Crippen LogP contribution in [0.3, 0.4) is 0 Å². The van der Waals surface area contributed by atoms with Gasteiger partial charge >= 0.3 is 0 Å². The van der Waals surface area contributed by atoms with E-state index in [-0.39, 0.29) is 0 Å². The molecule has 0 spiro atoms. The molecule has 0 saturated carbocycles. The van der Waals surface area contributed by atoms with E-state index in [1.54, 1.807) is 11.8 Å². The number of rotatable bonds is 3. The molecule has 0 saturated heterocycles. The molecule has 0 atom stereocenters. The zero-order chi connectivity index (χ0) is 8.10. The van der Waals surface area contributed by atoms with Gasteiger partial charge in [-0.2, -0.15) is 0 Å². The van der Waals surface area contributed by atoms with Crippen molar-refractivity contribution in [1.29, 1.82) is 0 Å². The molecule has 0 aliphatic heterocycles. The van der Waals surface area contributed by atoms with Gasteiger partial charge < -0.3 is 0 Å². The summed E-state index contributed by atoms with van der Waals surface area (Å²) >= 11 is 3.67. The fourth-order valence-electron chi connectivity index (χ4n) is 0.839. The lowest BCUT2D eigenvalue weighted by atomic mass is 10.4. The number of benzene rings is 1. The van der Waals surface area contributed by atoms with Gasteiger partial charge in [0.1, 0.15) is 0 Å². The van der Waals surface area contributed by atoms with Gasteiger partial charge in [-0.15, -0.1) is 23.5 Å². The monoisotopic (exact) mass is 184 g/mol. The van der Waals surface area contributed by atoms with Gasteiger partial charge in [0.2, 0.25) is 0 Å². The molecule has 11 heavy (non-hydrogen) atoms. The highest BCUT2D eigenvalue weighted by molar-refractivity contribution is 7.99. The summed E-state index contributed by atoms with van der Waals surface area (Å²) in [6.07, 6.45) is 2.10. The molecule has 2 heteroatoms. The maximum atomic E-state index is 2.18. The Morgan fingerprint density at radius 3 is 2.09 bits per heavy atom. The molecule has 0 aliphatic carbocycles. The minimum Gasteiger partial charge on any atom is -0.130 e. The third kappa shape index (κ3) is 2.80. The lowest BCUT2D eigenvalue weighted by Gasteiger charge is -1.98. The standard InChI is InChI=1S/C9H12S2/c1-3-11-9-6-4-8(10-2)5-7-9/h4-7H,3H2,1-2H3. The Bertz CT molecular complexity index is 203. The van der Waals surface area contributed by atoms with E-state index in [1.165, 1.54) is 9.79 Å². The van der Waals surface area contributed by atoms with Crippen molar-refractivity contribution in [2.45, 2.75) is 16.7 Å². The molecular formula is C9H12S2. The Balaban J connectivity index is 2.66. The van der Waals surface area contributed by atoms with Crippen LogP contribution < -0.4 is 0 Å².